The van der Waals surface area contributed by atoms with E-state index < -0.39 is 6.35 Å². The third kappa shape index (κ3) is 4.99. The Morgan fingerprint density at radius 1 is 1.26 bits per heavy atom. The fraction of sp³-hybridized carbons (Fsp3) is 0.350. The summed E-state index contributed by atoms with van der Waals surface area (Å²) in [6.45, 7) is 3.69. The molecule has 0 amide bonds. The highest BCUT2D eigenvalue weighted by Crippen LogP contribution is 2.24. The summed E-state index contributed by atoms with van der Waals surface area (Å²) in [4.78, 5) is 15.6. The quantitative estimate of drug-likeness (QED) is 0.584. The van der Waals surface area contributed by atoms with E-state index in [0.29, 0.717) is 17.1 Å². The summed E-state index contributed by atoms with van der Waals surface area (Å²) in [6, 6.07) is 14.7. The number of aliphatic hydroxyl groups is 1. The Balaban J connectivity index is 1.84. The zero-order valence-electron chi connectivity index (χ0n) is 15.3. The molecule has 1 fully saturated rings. The first-order chi connectivity index (χ1) is 13.1. The lowest BCUT2D eigenvalue weighted by atomic mass is 10.1. The fourth-order valence-electron chi connectivity index (χ4n) is 3.13. The Bertz CT molecular complexity index is 763. The van der Waals surface area contributed by atoms with E-state index in [1.54, 1.807) is 12.1 Å². The number of halogens is 1. The van der Waals surface area contributed by atoms with E-state index in [2.05, 4.69) is 5.32 Å². The number of esters is 1. The number of hydrogen-bond donors (Lipinski definition) is 2. The van der Waals surface area contributed by atoms with Gasteiger partial charge in [-0.05, 0) is 35.9 Å². The maximum atomic E-state index is 11.6. The van der Waals surface area contributed by atoms with Gasteiger partial charge >= 0.3 is 5.97 Å². The molecule has 0 aliphatic carbocycles. The summed E-state index contributed by atoms with van der Waals surface area (Å²) in [7, 11) is 1.36. The normalized spacial score (nSPS) is 16.0. The molecule has 0 aromatic heterocycles. The van der Waals surface area contributed by atoms with Crippen molar-refractivity contribution in [3.05, 3.63) is 64.7 Å². The Morgan fingerprint density at radius 3 is 2.59 bits per heavy atom. The van der Waals surface area contributed by atoms with Crippen LogP contribution in [0.2, 0.25) is 5.02 Å². The molecule has 1 aliphatic rings. The van der Waals surface area contributed by atoms with Gasteiger partial charge in [0.2, 0.25) is 0 Å². The average Bonchev–Trinajstić information content (AvgIpc) is 2.72. The number of nitrogens with zero attached hydrogens (tertiary/aromatic N) is 2. The largest absolute Gasteiger partial charge is 0.465 e. The molecule has 7 heteroatoms. The number of rotatable bonds is 6. The molecule has 0 radical (unpaired) electrons. The van der Waals surface area contributed by atoms with E-state index in [4.69, 9.17) is 16.3 Å². The predicted molar refractivity (Wildman–Crippen MR) is 106 cm³/mol. The SMILES string of the molecule is COC(=O)c1ccc(CN(c2cccc(Cl)c2)C(O)N2CCNCC2)cc1. The van der Waals surface area contributed by atoms with Crippen molar-refractivity contribution in [2.75, 3.05) is 38.2 Å². The maximum absolute atomic E-state index is 11.6. The first kappa shape index (κ1) is 19.6. The van der Waals surface area contributed by atoms with Crippen molar-refractivity contribution in [3.8, 4) is 0 Å². The molecular formula is C20H24ClN3O3. The molecule has 2 aromatic carbocycles. The number of hydrogen-bond acceptors (Lipinski definition) is 6. The smallest absolute Gasteiger partial charge is 0.337 e. The van der Waals surface area contributed by atoms with Gasteiger partial charge < -0.3 is 20.1 Å². The molecule has 6 nitrogen and oxygen atoms in total. The first-order valence-electron chi connectivity index (χ1n) is 8.91. The summed E-state index contributed by atoms with van der Waals surface area (Å²) in [5, 5.41) is 14.9. The molecule has 144 valence electrons. The molecule has 1 aliphatic heterocycles. The lowest BCUT2D eigenvalue weighted by Crippen LogP contribution is -2.55. The predicted octanol–water partition coefficient (Wildman–Crippen LogP) is 2.31. The highest BCUT2D eigenvalue weighted by molar-refractivity contribution is 6.30. The average molecular weight is 390 g/mol. The molecule has 0 spiro atoms. The van der Waals surface area contributed by atoms with Crippen LogP contribution in [0, 0.1) is 0 Å². The van der Waals surface area contributed by atoms with Crippen LogP contribution in [0.3, 0.4) is 0 Å². The van der Waals surface area contributed by atoms with Crippen LogP contribution in [0.1, 0.15) is 15.9 Å². The molecule has 1 atom stereocenters. The summed E-state index contributed by atoms with van der Waals surface area (Å²) in [5.74, 6) is -0.367. The molecule has 1 saturated heterocycles. The van der Waals surface area contributed by atoms with Crippen molar-refractivity contribution in [2.45, 2.75) is 12.9 Å². The lowest BCUT2D eigenvalue weighted by molar-refractivity contribution is -0.00664. The third-order valence-electron chi connectivity index (χ3n) is 4.62. The molecule has 27 heavy (non-hydrogen) atoms. The number of nitrogens with one attached hydrogen (secondary N) is 1. The molecular weight excluding hydrogens is 366 g/mol. The minimum atomic E-state index is -0.772. The van der Waals surface area contributed by atoms with Gasteiger partial charge in [0.25, 0.3) is 0 Å². The van der Waals surface area contributed by atoms with Crippen LogP contribution < -0.4 is 10.2 Å². The third-order valence-corrected chi connectivity index (χ3v) is 4.86. The van der Waals surface area contributed by atoms with E-state index >= 15 is 0 Å². The highest BCUT2D eigenvalue weighted by Gasteiger charge is 2.25. The van der Waals surface area contributed by atoms with Crippen LogP contribution in [-0.2, 0) is 11.3 Å². The summed E-state index contributed by atoms with van der Waals surface area (Å²) < 4.78 is 4.74. The van der Waals surface area contributed by atoms with Crippen LogP contribution >= 0.6 is 11.6 Å². The van der Waals surface area contributed by atoms with Gasteiger partial charge in [-0.15, -0.1) is 0 Å². The Kier molecular flexibility index (Phi) is 6.68. The first-order valence-corrected chi connectivity index (χ1v) is 9.28. The van der Waals surface area contributed by atoms with Crippen molar-refractivity contribution >= 4 is 23.3 Å². The van der Waals surface area contributed by atoms with Crippen molar-refractivity contribution in [3.63, 3.8) is 0 Å². The van der Waals surface area contributed by atoms with Gasteiger partial charge in [0, 0.05) is 43.4 Å². The van der Waals surface area contributed by atoms with Crippen LogP contribution in [0.5, 0.6) is 0 Å². The maximum Gasteiger partial charge on any atom is 0.337 e. The number of carbonyl (C=O) groups excluding carboxylic acids is 1. The van der Waals surface area contributed by atoms with Gasteiger partial charge in [-0.3, -0.25) is 4.90 Å². The van der Waals surface area contributed by atoms with E-state index in [-0.39, 0.29) is 5.97 Å². The van der Waals surface area contributed by atoms with E-state index in [1.807, 2.05) is 46.2 Å². The number of anilines is 1. The number of methoxy groups -OCH3 is 1. The second kappa shape index (κ2) is 9.19. The molecule has 1 unspecified atom stereocenters. The van der Waals surface area contributed by atoms with Crippen LogP contribution in [0.4, 0.5) is 5.69 Å². The van der Waals surface area contributed by atoms with Crippen molar-refractivity contribution in [1.82, 2.24) is 10.2 Å². The van der Waals surface area contributed by atoms with Gasteiger partial charge in [0.15, 0.2) is 6.35 Å². The molecule has 0 saturated carbocycles. The molecule has 3 rings (SSSR count). The van der Waals surface area contributed by atoms with Crippen LogP contribution in [-0.4, -0.2) is 55.6 Å². The molecule has 2 N–H and O–H groups in total. The number of carbonyl (C=O) groups is 1. The number of ether oxygens (including phenoxy) is 1. The minimum absolute atomic E-state index is 0.367. The van der Waals surface area contributed by atoms with E-state index in [9.17, 15) is 9.90 Å². The highest BCUT2D eigenvalue weighted by atomic mass is 35.5. The van der Waals surface area contributed by atoms with Crippen LogP contribution in [0.25, 0.3) is 0 Å². The minimum Gasteiger partial charge on any atom is -0.465 e. The number of aliphatic hydroxyl groups excluding tert-OH is 1. The van der Waals surface area contributed by atoms with E-state index in [0.717, 1.165) is 37.4 Å². The van der Waals surface area contributed by atoms with Gasteiger partial charge in [-0.2, -0.15) is 0 Å². The second-order valence-corrected chi connectivity index (χ2v) is 6.87. The zero-order chi connectivity index (χ0) is 19.2. The molecule has 0 bridgehead atoms. The zero-order valence-corrected chi connectivity index (χ0v) is 16.0. The summed E-state index contributed by atoms with van der Waals surface area (Å²) in [5.41, 5.74) is 2.31. The fourth-order valence-corrected chi connectivity index (χ4v) is 3.32. The van der Waals surface area contributed by atoms with Crippen molar-refractivity contribution in [2.24, 2.45) is 0 Å². The molecule has 2 aromatic rings. The van der Waals surface area contributed by atoms with Crippen molar-refractivity contribution < 1.29 is 14.6 Å². The van der Waals surface area contributed by atoms with Crippen LogP contribution in [0.15, 0.2) is 48.5 Å². The molecule has 1 heterocycles. The summed E-state index contributed by atoms with van der Waals surface area (Å²) in [6.07, 6.45) is -0.772. The van der Waals surface area contributed by atoms with Crippen molar-refractivity contribution in [1.29, 1.82) is 0 Å². The van der Waals surface area contributed by atoms with Gasteiger partial charge in [0.05, 0.1) is 12.7 Å². The topological polar surface area (TPSA) is 65.0 Å². The van der Waals surface area contributed by atoms with Gasteiger partial charge in [-0.25, -0.2) is 4.79 Å². The Hall–Kier alpha value is -2.12. The monoisotopic (exact) mass is 389 g/mol. The number of benzene rings is 2. The second-order valence-electron chi connectivity index (χ2n) is 6.43. The lowest BCUT2D eigenvalue weighted by Gasteiger charge is -2.39. The van der Waals surface area contributed by atoms with Gasteiger partial charge in [-0.1, -0.05) is 29.8 Å². The standard InChI is InChI=1S/C20H24ClN3O3/c1-27-19(25)16-7-5-15(6-8-16)14-24(18-4-2-3-17(21)13-18)20(26)23-11-9-22-10-12-23/h2-8,13,20,22,26H,9-12,14H2,1H3. The number of piperazine rings is 1. The summed E-state index contributed by atoms with van der Waals surface area (Å²) >= 11 is 6.17. The Labute approximate surface area is 164 Å². The van der Waals surface area contributed by atoms with Gasteiger partial charge in [0.1, 0.15) is 0 Å². The van der Waals surface area contributed by atoms with E-state index in [1.165, 1.54) is 7.11 Å². The Morgan fingerprint density at radius 2 is 1.96 bits per heavy atom.